The largest absolute Gasteiger partial charge is 0.388 e. The molecule has 7 heteroatoms. The molecule has 0 fully saturated rings. The van der Waals surface area contributed by atoms with Gasteiger partial charge < -0.3 is 10.6 Å². The van der Waals surface area contributed by atoms with E-state index in [1.807, 2.05) is 25.5 Å². The lowest BCUT2D eigenvalue weighted by atomic mass is 10.2. The molecule has 0 atom stereocenters. The molecule has 0 aliphatic heterocycles. The van der Waals surface area contributed by atoms with Crippen LogP contribution in [0.3, 0.4) is 0 Å². The Hall–Kier alpha value is -2.57. The number of nitrogens with zero attached hydrogens (tertiary/aromatic N) is 3. The summed E-state index contributed by atoms with van der Waals surface area (Å²) in [4.78, 5) is 10.5. The van der Waals surface area contributed by atoms with Gasteiger partial charge in [0.15, 0.2) is 0 Å². The molecule has 20 heavy (non-hydrogen) atoms. The number of non-ortho nitro benzene ring substituents is 1. The molecule has 0 unspecified atom stereocenters. The van der Waals surface area contributed by atoms with Crippen molar-refractivity contribution in [2.45, 2.75) is 6.42 Å². The summed E-state index contributed by atoms with van der Waals surface area (Å²) >= 11 is 0. The average molecular weight is 275 g/mol. The highest BCUT2D eigenvalue weighted by atomic mass is 16.6. The van der Waals surface area contributed by atoms with E-state index in [1.54, 1.807) is 11.7 Å². The first-order chi connectivity index (χ1) is 9.58. The van der Waals surface area contributed by atoms with Crippen molar-refractivity contribution in [3.63, 3.8) is 0 Å². The molecule has 0 amide bonds. The molecule has 1 aromatic carbocycles. The second-order valence-corrected chi connectivity index (χ2v) is 4.47. The second kappa shape index (κ2) is 6.05. The molecular weight excluding hydrogens is 258 g/mol. The van der Waals surface area contributed by atoms with E-state index in [0.717, 1.165) is 17.7 Å². The predicted octanol–water partition coefficient (Wildman–Crippen LogP) is 2.02. The lowest BCUT2D eigenvalue weighted by Gasteiger charge is -2.08. The van der Waals surface area contributed by atoms with E-state index in [0.29, 0.717) is 12.2 Å². The SMILES string of the molecule is CNc1cc(NCCc2cnn(C)c2)cc([N+](=O)[O-])c1. The monoisotopic (exact) mass is 275 g/mol. The standard InChI is InChI=1S/C13H17N5O2/c1-14-11-5-12(7-13(6-11)18(19)20)15-4-3-10-8-16-17(2)9-10/h5-9,14-15H,3-4H2,1-2H3. The molecule has 0 saturated heterocycles. The molecule has 1 aromatic heterocycles. The van der Waals surface area contributed by atoms with E-state index < -0.39 is 4.92 Å². The summed E-state index contributed by atoms with van der Waals surface area (Å²) < 4.78 is 1.75. The third-order valence-electron chi connectivity index (χ3n) is 2.92. The van der Waals surface area contributed by atoms with Crippen LogP contribution in [0.4, 0.5) is 17.1 Å². The molecular formula is C13H17N5O2. The number of nitrogens with one attached hydrogen (secondary N) is 2. The fraction of sp³-hybridized carbons (Fsp3) is 0.308. The zero-order chi connectivity index (χ0) is 14.5. The van der Waals surface area contributed by atoms with Crippen molar-refractivity contribution in [2.75, 3.05) is 24.2 Å². The van der Waals surface area contributed by atoms with E-state index in [4.69, 9.17) is 0 Å². The van der Waals surface area contributed by atoms with Crippen molar-refractivity contribution in [1.82, 2.24) is 9.78 Å². The maximum absolute atomic E-state index is 10.9. The topological polar surface area (TPSA) is 85.0 Å². The summed E-state index contributed by atoms with van der Waals surface area (Å²) in [6, 6.07) is 4.88. The Morgan fingerprint density at radius 1 is 1.35 bits per heavy atom. The molecule has 0 aliphatic rings. The Labute approximate surface area is 116 Å². The Morgan fingerprint density at radius 2 is 2.10 bits per heavy atom. The van der Waals surface area contributed by atoms with Gasteiger partial charge in [0.1, 0.15) is 0 Å². The lowest BCUT2D eigenvalue weighted by molar-refractivity contribution is -0.384. The fourth-order valence-electron chi connectivity index (χ4n) is 1.92. The number of rotatable bonds is 6. The van der Waals surface area contributed by atoms with Crippen LogP contribution in [0.1, 0.15) is 5.56 Å². The Bertz CT molecular complexity index is 609. The smallest absolute Gasteiger partial charge is 0.273 e. The van der Waals surface area contributed by atoms with Gasteiger partial charge in [0.2, 0.25) is 0 Å². The van der Waals surface area contributed by atoms with Gasteiger partial charge in [-0.3, -0.25) is 14.8 Å². The van der Waals surface area contributed by atoms with E-state index >= 15 is 0 Å². The summed E-state index contributed by atoms with van der Waals surface area (Å²) in [6.07, 6.45) is 4.58. The maximum Gasteiger partial charge on any atom is 0.273 e. The van der Waals surface area contributed by atoms with Crippen LogP contribution in [0, 0.1) is 10.1 Å². The Morgan fingerprint density at radius 3 is 2.70 bits per heavy atom. The summed E-state index contributed by atoms with van der Waals surface area (Å²) in [5, 5.41) is 21.1. The average Bonchev–Trinajstić information content (AvgIpc) is 2.84. The van der Waals surface area contributed by atoms with Crippen LogP contribution >= 0.6 is 0 Å². The Kier molecular flexibility index (Phi) is 4.19. The summed E-state index contributed by atoms with van der Waals surface area (Å²) in [5.41, 5.74) is 2.63. The van der Waals surface area contributed by atoms with E-state index in [1.165, 1.54) is 12.1 Å². The third kappa shape index (κ3) is 3.47. The highest BCUT2D eigenvalue weighted by Crippen LogP contribution is 2.23. The molecule has 0 bridgehead atoms. The molecule has 1 heterocycles. The van der Waals surface area contributed by atoms with E-state index in [-0.39, 0.29) is 5.69 Å². The van der Waals surface area contributed by atoms with Crippen LogP contribution in [0.5, 0.6) is 0 Å². The van der Waals surface area contributed by atoms with Crippen molar-refractivity contribution in [2.24, 2.45) is 7.05 Å². The molecule has 106 valence electrons. The van der Waals surface area contributed by atoms with Gasteiger partial charge >= 0.3 is 0 Å². The highest BCUT2D eigenvalue weighted by molar-refractivity contribution is 5.63. The van der Waals surface area contributed by atoms with Gasteiger partial charge in [-0.15, -0.1) is 0 Å². The summed E-state index contributed by atoms with van der Waals surface area (Å²) in [7, 11) is 3.61. The number of hydrogen-bond donors (Lipinski definition) is 2. The molecule has 0 radical (unpaired) electrons. The van der Waals surface area contributed by atoms with Crippen molar-refractivity contribution >= 4 is 17.1 Å². The van der Waals surface area contributed by atoms with Crippen LogP contribution in [-0.4, -0.2) is 28.3 Å². The van der Waals surface area contributed by atoms with Gasteiger partial charge in [-0.25, -0.2) is 0 Å². The molecule has 2 rings (SSSR count). The number of aromatic nitrogens is 2. The van der Waals surface area contributed by atoms with Gasteiger partial charge in [-0.2, -0.15) is 5.10 Å². The molecule has 2 aromatic rings. The fourth-order valence-corrected chi connectivity index (χ4v) is 1.92. The third-order valence-corrected chi connectivity index (χ3v) is 2.92. The summed E-state index contributed by atoms with van der Waals surface area (Å²) in [6.45, 7) is 0.690. The minimum absolute atomic E-state index is 0.0701. The van der Waals surface area contributed by atoms with E-state index in [2.05, 4.69) is 15.7 Å². The number of nitro benzene ring substituents is 1. The Balaban J connectivity index is 2.01. The normalized spacial score (nSPS) is 10.3. The number of anilines is 2. The molecule has 7 nitrogen and oxygen atoms in total. The van der Waals surface area contributed by atoms with Crippen LogP contribution in [0.2, 0.25) is 0 Å². The zero-order valence-corrected chi connectivity index (χ0v) is 11.5. The van der Waals surface area contributed by atoms with E-state index in [9.17, 15) is 10.1 Å². The minimum atomic E-state index is -0.396. The van der Waals surface area contributed by atoms with Crippen molar-refractivity contribution in [1.29, 1.82) is 0 Å². The van der Waals surface area contributed by atoms with Gasteiger partial charge in [-0.1, -0.05) is 0 Å². The molecule has 0 saturated carbocycles. The van der Waals surface area contributed by atoms with Crippen molar-refractivity contribution < 1.29 is 4.92 Å². The van der Waals surface area contributed by atoms with Crippen LogP contribution in [0.25, 0.3) is 0 Å². The summed E-state index contributed by atoms with van der Waals surface area (Å²) in [5.74, 6) is 0. The first kappa shape index (κ1) is 13.9. The van der Waals surface area contributed by atoms with Crippen LogP contribution in [-0.2, 0) is 13.5 Å². The van der Waals surface area contributed by atoms with Crippen LogP contribution < -0.4 is 10.6 Å². The maximum atomic E-state index is 10.9. The van der Waals surface area contributed by atoms with Gasteiger partial charge in [0.05, 0.1) is 11.1 Å². The first-order valence-corrected chi connectivity index (χ1v) is 6.27. The lowest BCUT2D eigenvalue weighted by Crippen LogP contribution is -2.05. The molecule has 0 aliphatic carbocycles. The van der Waals surface area contributed by atoms with Crippen molar-refractivity contribution in [3.8, 4) is 0 Å². The van der Waals surface area contributed by atoms with Crippen LogP contribution in [0.15, 0.2) is 30.6 Å². The van der Waals surface area contributed by atoms with Crippen molar-refractivity contribution in [3.05, 3.63) is 46.3 Å². The van der Waals surface area contributed by atoms with Gasteiger partial charge in [0, 0.05) is 50.3 Å². The zero-order valence-electron chi connectivity index (χ0n) is 11.5. The highest BCUT2D eigenvalue weighted by Gasteiger charge is 2.09. The molecule has 2 N–H and O–H groups in total. The number of nitro groups is 1. The number of benzene rings is 1. The van der Waals surface area contributed by atoms with Gasteiger partial charge in [-0.05, 0) is 18.1 Å². The van der Waals surface area contributed by atoms with Gasteiger partial charge in [0.25, 0.3) is 5.69 Å². The second-order valence-electron chi connectivity index (χ2n) is 4.47. The number of hydrogen-bond acceptors (Lipinski definition) is 5. The minimum Gasteiger partial charge on any atom is -0.388 e. The quantitative estimate of drug-likeness (QED) is 0.622. The first-order valence-electron chi connectivity index (χ1n) is 6.27. The predicted molar refractivity (Wildman–Crippen MR) is 78.0 cm³/mol. The number of aryl methyl sites for hydroxylation is 1. The molecule has 0 spiro atoms.